The number of aryl methyl sites for hydroxylation is 2. The molecule has 5 rings (SSSR count). The van der Waals surface area contributed by atoms with Crippen LogP contribution in [0.1, 0.15) is 44.0 Å². The second-order valence-electron chi connectivity index (χ2n) is 8.82. The average Bonchev–Trinajstić information content (AvgIpc) is 3.25. The first kappa shape index (κ1) is 21.3. The minimum absolute atomic E-state index is 0.287. The molecule has 3 aromatic rings. The van der Waals surface area contributed by atoms with E-state index in [2.05, 4.69) is 20.4 Å². The Labute approximate surface area is 187 Å². The van der Waals surface area contributed by atoms with Gasteiger partial charge in [-0.2, -0.15) is 4.98 Å². The molecule has 7 nitrogen and oxygen atoms in total. The summed E-state index contributed by atoms with van der Waals surface area (Å²) in [5.74, 6) is 1.43. The van der Waals surface area contributed by atoms with E-state index in [1.165, 1.54) is 0 Å². The zero-order valence-electron chi connectivity index (χ0n) is 18.7. The second kappa shape index (κ2) is 9.11. The molecule has 2 aliphatic heterocycles. The summed E-state index contributed by atoms with van der Waals surface area (Å²) >= 11 is 0. The van der Waals surface area contributed by atoms with Gasteiger partial charge in [-0.3, -0.25) is 0 Å². The third kappa shape index (κ3) is 4.34. The maximum Gasteiger partial charge on any atom is 0.261 e. The summed E-state index contributed by atoms with van der Waals surface area (Å²) in [4.78, 5) is 11.5. The Morgan fingerprint density at radius 1 is 1.06 bits per heavy atom. The fourth-order valence-electron chi connectivity index (χ4n) is 4.76. The molecule has 0 amide bonds. The van der Waals surface area contributed by atoms with E-state index in [-0.39, 0.29) is 5.82 Å². The average molecular weight is 440 g/mol. The maximum atomic E-state index is 14.9. The summed E-state index contributed by atoms with van der Waals surface area (Å²) < 4.78 is 25.9. The zero-order chi connectivity index (χ0) is 22.1. The molecular formula is C24H30FN5O2. The van der Waals surface area contributed by atoms with E-state index in [4.69, 9.17) is 14.2 Å². The zero-order valence-corrected chi connectivity index (χ0v) is 18.7. The van der Waals surface area contributed by atoms with Crippen molar-refractivity contribution in [3.63, 3.8) is 0 Å². The van der Waals surface area contributed by atoms with Crippen molar-refractivity contribution in [2.45, 2.75) is 58.0 Å². The Morgan fingerprint density at radius 2 is 1.81 bits per heavy atom. The Kier molecular flexibility index (Phi) is 6.06. The maximum absolute atomic E-state index is 14.9. The SMILES string of the molecule is CCc1cc(F)c2nc(N3CCC(NC4CCOCC4)CC3)c(-c3nc(C)no3)cc2c1. The smallest absolute Gasteiger partial charge is 0.261 e. The largest absolute Gasteiger partial charge is 0.381 e. The monoisotopic (exact) mass is 439 g/mol. The molecule has 0 saturated carbocycles. The van der Waals surface area contributed by atoms with Crippen LogP contribution in [0.2, 0.25) is 0 Å². The van der Waals surface area contributed by atoms with E-state index in [0.717, 1.165) is 74.9 Å². The Bertz CT molecular complexity index is 1090. The lowest BCUT2D eigenvalue weighted by Gasteiger charge is -2.36. The topological polar surface area (TPSA) is 76.3 Å². The highest BCUT2D eigenvalue weighted by Gasteiger charge is 2.27. The first-order chi connectivity index (χ1) is 15.6. The summed E-state index contributed by atoms with van der Waals surface area (Å²) in [6.45, 7) is 7.18. The first-order valence-electron chi connectivity index (χ1n) is 11.6. The number of anilines is 1. The van der Waals surface area contributed by atoms with Crippen LogP contribution in [0.25, 0.3) is 22.4 Å². The van der Waals surface area contributed by atoms with Crippen molar-refractivity contribution in [2.75, 3.05) is 31.2 Å². The van der Waals surface area contributed by atoms with E-state index in [1.54, 1.807) is 13.0 Å². The number of ether oxygens (including phenoxy) is 1. The van der Waals surface area contributed by atoms with Crippen LogP contribution in [0.4, 0.5) is 10.2 Å². The lowest BCUT2D eigenvalue weighted by Crippen LogP contribution is -2.48. The molecule has 32 heavy (non-hydrogen) atoms. The number of benzene rings is 1. The van der Waals surface area contributed by atoms with Crippen LogP contribution in [-0.2, 0) is 11.2 Å². The number of rotatable bonds is 5. The number of halogens is 1. The van der Waals surface area contributed by atoms with Crippen LogP contribution in [0.15, 0.2) is 22.7 Å². The van der Waals surface area contributed by atoms with Gasteiger partial charge in [0.2, 0.25) is 0 Å². The summed E-state index contributed by atoms with van der Waals surface area (Å²) in [6, 6.07) is 6.54. The van der Waals surface area contributed by atoms with Gasteiger partial charge >= 0.3 is 0 Å². The van der Waals surface area contributed by atoms with E-state index < -0.39 is 0 Å². The van der Waals surface area contributed by atoms with Crippen LogP contribution >= 0.6 is 0 Å². The van der Waals surface area contributed by atoms with Crippen LogP contribution in [0.5, 0.6) is 0 Å². The van der Waals surface area contributed by atoms with E-state index in [9.17, 15) is 4.39 Å². The molecule has 1 aromatic carbocycles. The van der Waals surface area contributed by atoms with Crippen LogP contribution in [0.3, 0.4) is 0 Å². The first-order valence-corrected chi connectivity index (χ1v) is 11.6. The normalized spacial score (nSPS) is 18.5. The lowest BCUT2D eigenvalue weighted by atomic mass is 10.0. The Morgan fingerprint density at radius 3 is 2.50 bits per heavy atom. The predicted octanol–water partition coefficient (Wildman–Crippen LogP) is 4.03. The molecule has 8 heteroatoms. The number of aromatic nitrogens is 3. The minimum atomic E-state index is -0.287. The highest BCUT2D eigenvalue weighted by atomic mass is 19.1. The van der Waals surface area contributed by atoms with Crippen molar-refractivity contribution in [2.24, 2.45) is 0 Å². The predicted molar refractivity (Wildman–Crippen MR) is 121 cm³/mol. The number of hydrogen-bond donors (Lipinski definition) is 1. The van der Waals surface area contributed by atoms with E-state index in [1.807, 2.05) is 19.1 Å². The van der Waals surface area contributed by atoms with Crippen LogP contribution < -0.4 is 10.2 Å². The molecule has 0 aliphatic carbocycles. The highest BCUT2D eigenvalue weighted by molar-refractivity contribution is 5.88. The van der Waals surface area contributed by atoms with Crippen molar-refractivity contribution in [3.05, 3.63) is 35.4 Å². The summed E-state index contributed by atoms with van der Waals surface area (Å²) in [5, 5.41) is 8.52. The molecule has 1 N–H and O–H groups in total. The fraction of sp³-hybridized carbons (Fsp3) is 0.542. The van der Waals surface area contributed by atoms with Gasteiger partial charge in [0, 0.05) is 43.8 Å². The Balaban J connectivity index is 1.44. The van der Waals surface area contributed by atoms with Crippen molar-refractivity contribution in [1.82, 2.24) is 20.4 Å². The fourth-order valence-corrected chi connectivity index (χ4v) is 4.76. The van der Waals surface area contributed by atoms with Gasteiger partial charge in [-0.1, -0.05) is 12.1 Å². The van der Waals surface area contributed by atoms with Crippen molar-refractivity contribution < 1.29 is 13.7 Å². The van der Waals surface area contributed by atoms with Gasteiger partial charge in [0.25, 0.3) is 5.89 Å². The second-order valence-corrected chi connectivity index (χ2v) is 8.82. The third-order valence-corrected chi connectivity index (χ3v) is 6.56. The summed E-state index contributed by atoms with van der Waals surface area (Å²) in [6.07, 6.45) is 4.93. The molecule has 4 heterocycles. The van der Waals surface area contributed by atoms with Gasteiger partial charge in [0.05, 0.1) is 5.56 Å². The molecule has 2 aliphatic rings. The molecule has 2 fully saturated rings. The molecule has 2 aromatic heterocycles. The number of nitrogens with one attached hydrogen (secondary N) is 1. The molecule has 0 spiro atoms. The molecular weight excluding hydrogens is 409 g/mol. The lowest BCUT2D eigenvalue weighted by molar-refractivity contribution is 0.0738. The van der Waals surface area contributed by atoms with Crippen LogP contribution in [0, 0.1) is 12.7 Å². The van der Waals surface area contributed by atoms with E-state index >= 15 is 0 Å². The molecule has 2 saturated heterocycles. The van der Waals surface area contributed by atoms with Crippen molar-refractivity contribution >= 4 is 16.7 Å². The van der Waals surface area contributed by atoms with Crippen LogP contribution in [-0.4, -0.2) is 53.5 Å². The number of fused-ring (bicyclic) bond motifs is 1. The molecule has 0 radical (unpaired) electrons. The highest BCUT2D eigenvalue weighted by Crippen LogP contribution is 2.34. The molecule has 170 valence electrons. The molecule has 0 bridgehead atoms. The minimum Gasteiger partial charge on any atom is -0.381 e. The number of nitrogens with zero attached hydrogens (tertiary/aromatic N) is 4. The van der Waals surface area contributed by atoms with Crippen molar-refractivity contribution in [3.8, 4) is 11.5 Å². The van der Waals surface area contributed by atoms with E-state index in [0.29, 0.717) is 35.1 Å². The summed E-state index contributed by atoms with van der Waals surface area (Å²) in [7, 11) is 0. The molecule has 0 unspecified atom stereocenters. The molecule has 0 atom stereocenters. The van der Waals surface area contributed by atoms with Gasteiger partial charge < -0.3 is 19.5 Å². The van der Waals surface area contributed by atoms with Gasteiger partial charge in [0.1, 0.15) is 17.2 Å². The number of piperidine rings is 1. The summed E-state index contributed by atoms with van der Waals surface area (Å²) in [5.41, 5.74) is 2.10. The number of pyridine rings is 1. The number of hydrogen-bond acceptors (Lipinski definition) is 7. The van der Waals surface area contributed by atoms with Crippen molar-refractivity contribution in [1.29, 1.82) is 0 Å². The van der Waals surface area contributed by atoms with Gasteiger partial charge in [-0.05, 0) is 62.8 Å². The third-order valence-electron chi connectivity index (χ3n) is 6.56. The Hall–Kier alpha value is -2.58. The standard InChI is InChI=1S/C24H30FN5O2/c1-3-16-12-17-14-20(24-26-15(2)29-32-24)23(28-22(17)21(25)13-16)30-8-4-18(5-9-30)27-19-6-10-31-11-7-19/h12-14,18-19,27H,3-11H2,1-2H3. The quantitative estimate of drug-likeness (QED) is 0.643. The van der Waals surface area contributed by atoms with Gasteiger partial charge in [0.15, 0.2) is 5.82 Å². The van der Waals surface area contributed by atoms with Gasteiger partial charge in [-0.15, -0.1) is 0 Å². The van der Waals surface area contributed by atoms with Gasteiger partial charge in [-0.25, -0.2) is 9.37 Å².